The molecule has 0 spiro atoms. The number of aromatic amines is 1. The van der Waals surface area contributed by atoms with E-state index >= 15 is 0 Å². The Balaban J connectivity index is 1.26. The Morgan fingerprint density at radius 3 is 2.81 bits per heavy atom. The summed E-state index contributed by atoms with van der Waals surface area (Å²) in [5.41, 5.74) is 2.03. The van der Waals surface area contributed by atoms with Crippen molar-refractivity contribution in [3.05, 3.63) is 59.4 Å². The molecule has 0 unspecified atom stereocenters. The van der Waals surface area contributed by atoms with Crippen LogP contribution in [-0.4, -0.2) is 28.7 Å². The van der Waals surface area contributed by atoms with E-state index in [9.17, 15) is 18.0 Å². The molecule has 1 saturated carbocycles. The number of H-pyrrole nitrogens is 1. The predicted molar refractivity (Wildman–Crippen MR) is 112 cm³/mol. The van der Waals surface area contributed by atoms with Crippen LogP contribution in [0.25, 0.3) is 11.3 Å². The number of ether oxygens (including phenoxy) is 1. The van der Waals surface area contributed by atoms with E-state index in [1.165, 1.54) is 6.07 Å². The maximum Gasteiger partial charge on any atom is 0.422 e. The highest BCUT2D eigenvalue weighted by molar-refractivity contribution is 7.13. The standard InChI is InChI=1S/C22H22F3N3O2S/c1-13(18-7-8-20(31-18)30-12-22(23,24)25)27-19(29)10-15-9-16(15)21-26-11-17(28-21)14-5-3-2-4-6-14/h2-8,11,13,15-16H,9-10,12H2,1H3,(H,26,28)(H,27,29)/t13-,15-,16-/m1/s1. The minimum absolute atomic E-state index is 0.0824. The molecule has 2 N–H and O–H groups in total. The Morgan fingerprint density at radius 1 is 1.29 bits per heavy atom. The first-order valence-electron chi connectivity index (χ1n) is 9.97. The molecule has 31 heavy (non-hydrogen) atoms. The Bertz CT molecular complexity index is 1030. The number of rotatable bonds is 8. The van der Waals surface area contributed by atoms with E-state index in [-0.39, 0.29) is 28.8 Å². The fourth-order valence-electron chi connectivity index (χ4n) is 3.50. The highest BCUT2D eigenvalue weighted by Gasteiger charge is 2.41. The van der Waals surface area contributed by atoms with Crippen LogP contribution in [-0.2, 0) is 4.79 Å². The summed E-state index contributed by atoms with van der Waals surface area (Å²) < 4.78 is 41.5. The molecule has 3 aromatic rings. The summed E-state index contributed by atoms with van der Waals surface area (Å²) in [4.78, 5) is 21.0. The van der Waals surface area contributed by atoms with Crippen molar-refractivity contribution in [1.29, 1.82) is 0 Å². The van der Waals surface area contributed by atoms with E-state index in [4.69, 9.17) is 4.74 Å². The fourth-order valence-corrected chi connectivity index (χ4v) is 4.36. The van der Waals surface area contributed by atoms with Gasteiger partial charge in [-0.05, 0) is 37.0 Å². The van der Waals surface area contributed by atoms with E-state index in [2.05, 4.69) is 15.3 Å². The van der Waals surface area contributed by atoms with Crippen LogP contribution in [0.4, 0.5) is 13.2 Å². The number of hydrogen-bond donors (Lipinski definition) is 2. The van der Waals surface area contributed by atoms with Crippen LogP contribution in [0.3, 0.4) is 0 Å². The molecule has 0 aliphatic heterocycles. The van der Waals surface area contributed by atoms with E-state index in [1.807, 2.05) is 36.5 Å². The number of nitrogens with one attached hydrogen (secondary N) is 2. The van der Waals surface area contributed by atoms with Crippen LogP contribution in [0.1, 0.15) is 42.4 Å². The lowest BCUT2D eigenvalue weighted by atomic mass is 10.2. The second-order valence-electron chi connectivity index (χ2n) is 7.70. The Hall–Kier alpha value is -2.81. The Labute approximate surface area is 181 Å². The minimum Gasteiger partial charge on any atom is -0.475 e. The monoisotopic (exact) mass is 449 g/mol. The van der Waals surface area contributed by atoms with Crippen molar-refractivity contribution in [1.82, 2.24) is 15.3 Å². The van der Waals surface area contributed by atoms with Gasteiger partial charge in [-0.2, -0.15) is 13.2 Å². The highest BCUT2D eigenvalue weighted by Crippen LogP contribution is 2.48. The van der Waals surface area contributed by atoms with Gasteiger partial charge in [-0.3, -0.25) is 4.79 Å². The molecule has 1 aliphatic carbocycles. The van der Waals surface area contributed by atoms with Crippen molar-refractivity contribution >= 4 is 17.2 Å². The topological polar surface area (TPSA) is 67.0 Å². The van der Waals surface area contributed by atoms with Gasteiger partial charge in [0.1, 0.15) is 5.82 Å². The quantitative estimate of drug-likeness (QED) is 0.481. The van der Waals surface area contributed by atoms with Crippen molar-refractivity contribution in [2.75, 3.05) is 6.61 Å². The number of carbonyl (C=O) groups excluding carboxylic acids is 1. The first-order valence-corrected chi connectivity index (χ1v) is 10.8. The number of carbonyl (C=O) groups is 1. The zero-order chi connectivity index (χ0) is 22.0. The number of thiophene rings is 1. The van der Waals surface area contributed by atoms with Crippen LogP contribution in [0.5, 0.6) is 5.06 Å². The van der Waals surface area contributed by atoms with Crippen LogP contribution in [0.2, 0.25) is 0 Å². The maximum absolute atomic E-state index is 12.4. The van der Waals surface area contributed by atoms with Gasteiger partial charge in [0, 0.05) is 17.2 Å². The van der Waals surface area contributed by atoms with Crippen LogP contribution in [0, 0.1) is 5.92 Å². The molecule has 4 rings (SSSR count). The van der Waals surface area contributed by atoms with Gasteiger partial charge in [0.2, 0.25) is 5.91 Å². The number of alkyl halides is 3. The molecule has 9 heteroatoms. The van der Waals surface area contributed by atoms with Crippen LogP contribution in [0.15, 0.2) is 48.7 Å². The van der Waals surface area contributed by atoms with Gasteiger partial charge >= 0.3 is 6.18 Å². The zero-order valence-corrected chi connectivity index (χ0v) is 17.6. The minimum atomic E-state index is -4.37. The maximum atomic E-state index is 12.4. The summed E-state index contributed by atoms with van der Waals surface area (Å²) in [6, 6.07) is 12.8. The number of benzene rings is 1. The van der Waals surface area contributed by atoms with Crippen molar-refractivity contribution in [3.8, 4) is 16.3 Å². The summed E-state index contributed by atoms with van der Waals surface area (Å²) in [7, 11) is 0. The molecule has 0 radical (unpaired) electrons. The molecule has 0 bridgehead atoms. The average molecular weight is 449 g/mol. The lowest BCUT2D eigenvalue weighted by Crippen LogP contribution is -2.26. The summed E-state index contributed by atoms with van der Waals surface area (Å²) in [6.45, 7) is 0.482. The summed E-state index contributed by atoms with van der Waals surface area (Å²) >= 11 is 1.10. The van der Waals surface area contributed by atoms with Crippen molar-refractivity contribution in [3.63, 3.8) is 0 Å². The largest absolute Gasteiger partial charge is 0.475 e. The molecule has 2 aromatic heterocycles. The predicted octanol–water partition coefficient (Wildman–Crippen LogP) is 5.45. The van der Waals surface area contributed by atoms with E-state index in [0.717, 1.165) is 39.7 Å². The molecule has 1 amide bonds. The third-order valence-electron chi connectivity index (χ3n) is 5.19. The second kappa shape index (κ2) is 8.74. The first-order chi connectivity index (χ1) is 14.8. The lowest BCUT2D eigenvalue weighted by molar-refractivity contribution is -0.152. The molecule has 3 atom stereocenters. The van der Waals surface area contributed by atoms with Gasteiger partial charge in [0.05, 0.1) is 17.9 Å². The number of halogens is 3. The third-order valence-corrected chi connectivity index (χ3v) is 6.37. The molecular formula is C22H22F3N3O2S. The number of imidazole rings is 1. The van der Waals surface area contributed by atoms with Gasteiger partial charge in [-0.1, -0.05) is 30.3 Å². The molecule has 0 saturated heterocycles. The van der Waals surface area contributed by atoms with E-state index in [1.54, 1.807) is 13.0 Å². The van der Waals surface area contributed by atoms with E-state index in [0.29, 0.717) is 6.42 Å². The summed E-state index contributed by atoms with van der Waals surface area (Å²) in [6.07, 6.45) is -1.27. The van der Waals surface area contributed by atoms with Gasteiger partial charge in [-0.15, -0.1) is 11.3 Å². The first kappa shape index (κ1) is 21.4. The fraction of sp³-hybridized carbons (Fsp3) is 0.364. The lowest BCUT2D eigenvalue weighted by Gasteiger charge is -2.12. The molecular weight excluding hydrogens is 427 g/mol. The third kappa shape index (κ3) is 5.66. The smallest absolute Gasteiger partial charge is 0.422 e. The Morgan fingerprint density at radius 2 is 2.06 bits per heavy atom. The molecule has 164 valence electrons. The van der Waals surface area contributed by atoms with Gasteiger partial charge < -0.3 is 15.0 Å². The average Bonchev–Trinajstić information content (AvgIpc) is 3.14. The van der Waals surface area contributed by atoms with Gasteiger partial charge in [0.25, 0.3) is 0 Å². The van der Waals surface area contributed by atoms with Crippen LogP contribution < -0.4 is 10.1 Å². The van der Waals surface area contributed by atoms with Gasteiger partial charge in [-0.25, -0.2) is 4.98 Å². The normalized spacial score (nSPS) is 19.1. The van der Waals surface area contributed by atoms with Crippen molar-refractivity contribution in [2.45, 2.75) is 37.9 Å². The number of aromatic nitrogens is 2. The van der Waals surface area contributed by atoms with Crippen molar-refractivity contribution in [2.24, 2.45) is 5.92 Å². The molecule has 1 aromatic carbocycles. The van der Waals surface area contributed by atoms with Gasteiger partial charge in [0.15, 0.2) is 11.7 Å². The summed E-state index contributed by atoms with van der Waals surface area (Å²) in [5.74, 6) is 1.29. The number of hydrogen-bond acceptors (Lipinski definition) is 4. The highest BCUT2D eigenvalue weighted by atomic mass is 32.1. The SMILES string of the molecule is C[C@@H](NC(=O)C[C@H]1C[C@H]1c1ncc(-c2ccccc2)[nH]1)c1ccc(OCC(F)(F)F)s1. The molecule has 1 aliphatic rings. The number of amides is 1. The molecule has 2 heterocycles. The van der Waals surface area contributed by atoms with Crippen molar-refractivity contribution < 1.29 is 22.7 Å². The molecule has 5 nitrogen and oxygen atoms in total. The number of nitrogens with zero attached hydrogens (tertiary/aromatic N) is 1. The molecule has 1 fully saturated rings. The van der Waals surface area contributed by atoms with Crippen LogP contribution >= 0.6 is 11.3 Å². The Kier molecular flexibility index (Phi) is 6.04. The summed E-state index contributed by atoms with van der Waals surface area (Å²) in [5, 5.41) is 3.10. The second-order valence-corrected chi connectivity index (χ2v) is 8.78. The zero-order valence-electron chi connectivity index (χ0n) is 16.8. The van der Waals surface area contributed by atoms with E-state index < -0.39 is 12.8 Å².